The Kier molecular flexibility index (Phi) is 5.86. The topological polar surface area (TPSA) is 40.8 Å². The SMILES string of the molecule is [C-]#[N+]c1ccc(NC(=S)C2(C)CC(c3c(F)c(F)c(F)c(F)c3F)=NN2)cc1C(F)(F)F. The molecular formula is C19H10F8N4S. The monoisotopic (exact) mass is 478 g/mol. The molecule has 3 rings (SSSR count). The first kappa shape index (κ1) is 23.4. The summed E-state index contributed by atoms with van der Waals surface area (Å²) in [4.78, 5) is 2.63. The van der Waals surface area contributed by atoms with E-state index in [1.807, 2.05) is 0 Å². The summed E-state index contributed by atoms with van der Waals surface area (Å²) in [5, 5.41) is 6.14. The summed E-state index contributed by atoms with van der Waals surface area (Å²) < 4.78 is 108. The van der Waals surface area contributed by atoms with Crippen molar-refractivity contribution < 1.29 is 35.1 Å². The van der Waals surface area contributed by atoms with E-state index in [1.54, 1.807) is 0 Å². The van der Waals surface area contributed by atoms with Gasteiger partial charge in [0.05, 0.1) is 23.4 Å². The van der Waals surface area contributed by atoms with Crippen LogP contribution in [-0.4, -0.2) is 16.2 Å². The van der Waals surface area contributed by atoms with Gasteiger partial charge in [0.2, 0.25) is 5.82 Å². The first-order valence-electron chi connectivity index (χ1n) is 8.56. The maximum Gasteiger partial charge on any atom is 0.407 e. The molecule has 1 unspecified atom stereocenters. The van der Waals surface area contributed by atoms with E-state index in [0.29, 0.717) is 6.07 Å². The minimum atomic E-state index is -4.81. The summed E-state index contributed by atoms with van der Waals surface area (Å²) in [5.74, 6) is -10.8. The highest BCUT2D eigenvalue weighted by Gasteiger charge is 2.40. The number of thiocarbonyl (C=S) groups is 1. The summed E-state index contributed by atoms with van der Waals surface area (Å²) in [7, 11) is 0. The standard InChI is InChI=1S/C19H10F8N4S/c1-18(17(32)29-7-3-4-9(28-2)8(5-7)19(25,26)27)6-10(30-31-18)11-12(20)14(22)16(24)15(23)13(11)21/h3-5,31H,6H2,1H3,(H,29,32). The molecule has 1 aliphatic rings. The fourth-order valence-electron chi connectivity index (χ4n) is 2.95. The molecule has 4 nitrogen and oxygen atoms in total. The molecule has 168 valence electrons. The molecule has 0 radical (unpaired) electrons. The molecule has 1 atom stereocenters. The average molecular weight is 478 g/mol. The highest BCUT2D eigenvalue weighted by molar-refractivity contribution is 7.80. The Morgan fingerprint density at radius 2 is 1.66 bits per heavy atom. The van der Waals surface area contributed by atoms with Gasteiger partial charge in [-0.05, 0) is 19.1 Å². The van der Waals surface area contributed by atoms with E-state index in [1.165, 1.54) is 13.0 Å². The van der Waals surface area contributed by atoms with Gasteiger partial charge in [-0.15, -0.1) is 0 Å². The number of hydrazone groups is 1. The first-order chi connectivity index (χ1) is 14.8. The van der Waals surface area contributed by atoms with Crippen molar-refractivity contribution in [1.29, 1.82) is 0 Å². The van der Waals surface area contributed by atoms with Gasteiger partial charge in [-0.1, -0.05) is 18.3 Å². The largest absolute Gasteiger partial charge is 0.407 e. The molecule has 0 saturated carbocycles. The zero-order valence-electron chi connectivity index (χ0n) is 15.8. The predicted molar refractivity (Wildman–Crippen MR) is 103 cm³/mol. The second kappa shape index (κ2) is 8.01. The van der Waals surface area contributed by atoms with Crippen LogP contribution in [0.5, 0.6) is 0 Å². The molecule has 0 bridgehead atoms. The molecule has 0 amide bonds. The average Bonchev–Trinajstić information content (AvgIpc) is 3.13. The lowest BCUT2D eigenvalue weighted by Crippen LogP contribution is -2.46. The molecule has 2 N–H and O–H groups in total. The second-order valence-electron chi connectivity index (χ2n) is 6.92. The number of alkyl halides is 3. The van der Waals surface area contributed by atoms with Gasteiger partial charge in [-0.2, -0.15) is 18.3 Å². The van der Waals surface area contributed by atoms with Crippen molar-refractivity contribution in [3.05, 3.63) is 69.8 Å². The van der Waals surface area contributed by atoms with Crippen molar-refractivity contribution in [1.82, 2.24) is 5.43 Å². The molecule has 2 aromatic rings. The smallest absolute Gasteiger partial charge is 0.348 e. The Hall–Kier alpha value is -3.27. The molecule has 1 aliphatic heterocycles. The zero-order chi connectivity index (χ0) is 24.0. The van der Waals surface area contributed by atoms with Crippen molar-refractivity contribution in [2.75, 3.05) is 5.32 Å². The van der Waals surface area contributed by atoms with Gasteiger partial charge in [0, 0.05) is 12.1 Å². The van der Waals surface area contributed by atoms with E-state index >= 15 is 0 Å². The highest BCUT2D eigenvalue weighted by atomic mass is 32.1. The molecule has 0 aromatic heterocycles. The Morgan fingerprint density at radius 1 is 1.09 bits per heavy atom. The predicted octanol–water partition coefficient (Wildman–Crippen LogP) is 5.85. The van der Waals surface area contributed by atoms with Gasteiger partial charge in [0.25, 0.3) is 0 Å². The number of halogens is 8. The minimum absolute atomic E-state index is 0.137. The van der Waals surface area contributed by atoms with Crippen molar-refractivity contribution >= 4 is 34.3 Å². The summed E-state index contributed by atoms with van der Waals surface area (Å²) in [6, 6.07) is 2.75. The number of hydrogen-bond donors (Lipinski definition) is 2. The van der Waals surface area contributed by atoms with Crippen molar-refractivity contribution in [3.63, 3.8) is 0 Å². The summed E-state index contributed by atoms with van der Waals surface area (Å²) in [6.07, 6.45) is -5.25. The Morgan fingerprint density at radius 3 is 2.19 bits per heavy atom. The molecular weight excluding hydrogens is 468 g/mol. The zero-order valence-corrected chi connectivity index (χ0v) is 16.6. The van der Waals surface area contributed by atoms with E-state index in [9.17, 15) is 35.1 Å². The third-order valence-corrected chi connectivity index (χ3v) is 5.19. The first-order valence-corrected chi connectivity index (χ1v) is 8.96. The van der Waals surface area contributed by atoms with Crippen molar-refractivity contribution in [2.24, 2.45) is 5.10 Å². The normalized spacial score (nSPS) is 18.1. The van der Waals surface area contributed by atoms with Crippen LogP contribution in [0.2, 0.25) is 0 Å². The van der Waals surface area contributed by atoms with Gasteiger partial charge in [0.1, 0.15) is 10.5 Å². The molecule has 0 spiro atoms. The Bertz CT molecular complexity index is 1170. The van der Waals surface area contributed by atoms with Gasteiger partial charge >= 0.3 is 6.18 Å². The van der Waals surface area contributed by atoms with E-state index < -0.39 is 69.7 Å². The number of nitrogens with zero attached hydrogens (tertiary/aromatic N) is 2. The molecule has 2 aromatic carbocycles. The van der Waals surface area contributed by atoms with Gasteiger partial charge < -0.3 is 5.32 Å². The van der Waals surface area contributed by atoms with Crippen molar-refractivity contribution in [3.8, 4) is 0 Å². The van der Waals surface area contributed by atoms with Crippen LogP contribution in [0.25, 0.3) is 4.85 Å². The lowest BCUT2D eigenvalue weighted by atomic mass is 9.92. The van der Waals surface area contributed by atoms with E-state index in [2.05, 4.69) is 20.7 Å². The second-order valence-corrected chi connectivity index (χ2v) is 7.33. The van der Waals surface area contributed by atoms with Crippen LogP contribution in [0.1, 0.15) is 24.5 Å². The third-order valence-electron chi connectivity index (χ3n) is 4.64. The van der Waals surface area contributed by atoms with E-state index in [4.69, 9.17) is 18.8 Å². The van der Waals surface area contributed by atoms with Gasteiger partial charge in [-0.25, -0.2) is 26.8 Å². The molecule has 0 aliphatic carbocycles. The number of anilines is 1. The molecule has 1 heterocycles. The van der Waals surface area contributed by atoms with E-state index in [-0.39, 0.29) is 10.7 Å². The quantitative estimate of drug-likeness (QED) is 0.191. The Balaban J connectivity index is 1.87. The maximum absolute atomic E-state index is 14.1. The van der Waals surface area contributed by atoms with Crippen LogP contribution >= 0.6 is 12.2 Å². The van der Waals surface area contributed by atoms with Crippen LogP contribution < -0.4 is 10.7 Å². The van der Waals surface area contributed by atoms with Gasteiger partial charge in [-0.3, -0.25) is 5.43 Å². The molecule has 0 fully saturated rings. The fourth-order valence-corrected chi connectivity index (χ4v) is 3.18. The minimum Gasteiger partial charge on any atom is -0.348 e. The van der Waals surface area contributed by atoms with Crippen LogP contribution in [0.4, 0.5) is 46.5 Å². The number of hydrogen-bond acceptors (Lipinski definition) is 3. The number of benzene rings is 2. The molecule has 13 heteroatoms. The van der Waals surface area contributed by atoms with Crippen LogP contribution in [0.15, 0.2) is 23.3 Å². The molecule has 0 saturated heterocycles. The summed E-state index contributed by atoms with van der Waals surface area (Å²) in [5.41, 5.74) is -2.74. The number of nitrogens with one attached hydrogen (secondary N) is 2. The summed E-state index contributed by atoms with van der Waals surface area (Å²) in [6.45, 7) is 8.21. The van der Waals surface area contributed by atoms with Crippen LogP contribution in [0.3, 0.4) is 0 Å². The highest BCUT2D eigenvalue weighted by Crippen LogP contribution is 2.38. The fraction of sp³-hybridized carbons (Fsp3) is 0.211. The third kappa shape index (κ3) is 3.97. The van der Waals surface area contributed by atoms with Crippen molar-refractivity contribution in [2.45, 2.75) is 25.1 Å². The van der Waals surface area contributed by atoms with Gasteiger partial charge in [0.15, 0.2) is 29.0 Å². The van der Waals surface area contributed by atoms with Crippen LogP contribution in [-0.2, 0) is 6.18 Å². The molecule has 32 heavy (non-hydrogen) atoms. The maximum atomic E-state index is 14.1. The Labute approximate surface area is 180 Å². The summed E-state index contributed by atoms with van der Waals surface area (Å²) >= 11 is 5.16. The lowest BCUT2D eigenvalue weighted by molar-refractivity contribution is -0.136. The lowest BCUT2D eigenvalue weighted by Gasteiger charge is -2.26. The van der Waals surface area contributed by atoms with Crippen LogP contribution in [0, 0.1) is 35.7 Å². The van der Waals surface area contributed by atoms with E-state index in [0.717, 1.165) is 6.07 Å². The number of rotatable bonds is 3.